The number of anilines is 2. The predicted molar refractivity (Wildman–Crippen MR) is 156 cm³/mol. The number of halogens is 1. The number of nitrogens with one attached hydrogen (secondary N) is 1. The average molecular weight is 602 g/mol. The van der Waals surface area contributed by atoms with E-state index in [0.717, 1.165) is 29.5 Å². The molecule has 0 saturated carbocycles. The van der Waals surface area contributed by atoms with Crippen LogP contribution in [0.25, 0.3) is 0 Å². The number of carbonyl (C=O) groups excluding carboxylic acids is 1. The number of hydrogen-bond donors (Lipinski definition) is 3. The second-order valence-corrected chi connectivity index (χ2v) is 11.9. The normalized spacial score (nSPS) is 25.5. The number of carbonyl (C=O) groups is 1. The third kappa shape index (κ3) is 5.29. The highest BCUT2D eigenvalue weighted by atomic mass is 35.5. The lowest BCUT2D eigenvalue weighted by Crippen LogP contribution is -2.50. The second-order valence-electron chi connectivity index (χ2n) is 10.4. The minimum atomic E-state index is -2.11. The van der Waals surface area contributed by atoms with E-state index in [1.807, 2.05) is 6.92 Å². The quantitative estimate of drug-likeness (QED) is 0.397. The van der Waals surface area contributed by atoms with E-state index in [2.05, 4.69) is 20.3 Å². The summed E-state index contributed by atoms with van der Waals surface area (Å²) in [5.74, 6) is -0.996. The molecule has 0 bridgehead atoms. The molecule has 0 aliphatic carbocycles. The summed E-state index contributed by atoms with van der Waals surface area (Å²) in [5, 5.41) is 13.5. The molecule has 2 atom stereocenters. The molecule has 6 rings (SSSR count). The van der Waals surface area contributed by atoms with Gasteiger partial charge >= 0.3 is 0 Å². The highest BCUT2D eigenvalue weighted by molar-refractivity contribution is 7.99. The summed E-state index contributed by atoms with van der Waals surface area (Å²) in [7, 11) is 0. The van der Waals surface area contributed by atoms with Gasteiger partial charge in [0.2, 0.25) is 5.88 Å². The molecule has 0 radical (unpaired) electrons. The van der Waals surface area contributed by atoms with E-state index in [1.165, 1.54) is 17.0 Å². The average Bonchev–Trinajstić information content (AvgIpc) is 3.22. The minimum absolute atomic E-state index is 0.0247. The maximum absolute atomic E-state index is 13.1. The van der Waals surface area contributed by atoms with Gasteiger partial charge in [-0.05, 0) is 44.7 Å². The fourth-order valence-corrected chi connectivity index (χ4v) is 6.38. The van der Waals surface area contributed by atoms with E-state index < -0.39 is 47.4 Å². The van der Waals surface area contributed by atoms with Crippen molar-refractivity contribution < 1.29 is 20.1 Å². The number of aryl methyl sites for hydroxylation is 1. The van der Waals surface area contributed by atoms with Crippen LogP contribution in [0.3, 0.4) is 0 Å². The molecule has 2 fully saturated rings. The van der Waals surface area contributed by atoms with Crippen molar-refractivity contribution in [3.8, 4) is 5.88 Å². The Kier molecular flexibility index (Phi) is 6.41. The number of nitrogens with zero attached hydrogens (tertiary/aromatic N) is 5. The lowest BCUT2D eigenvalue weighted by Gasteiger charge is -2.41. The van der Waals surface area contributed by atoms with Gasteiger partial charge in [-0.3, -0.25) is 14.2 Å². The van der Waals surface area contributed by atoms with Gasteiger partial charge in [0.15, 0.2) is 5.56 Å². The Morgan fingerprint density at radius 3 is 2.80 bits per heavy atom. The van der Waals surface area contributed by atoms with Crippen molar-refractivity contribution in [1.29, 1.82) is 0 Å². The number of fused-ring (bicyclic) bond motifs is 1. The predicted octanol–water partition coefficient (Wildman–Crippen LogP) is 3.46. The molecule has 3 aliphatic rings. The van der Waals surface area contributed by atoms with Crippen molar-refractivity contribution in [2.45, 2.75) is 67.6 Å². The second kappa shape index (κ2) is 11.2. The van der Waals surface area contributed by atoms with Crippen molar-refractivity contribution in [3.63, 3.8) is 0 Å². The van der Waals surface area contributed by atoms with Gasteiger partial charge in [-0.25, -0.2) is 9.97 Å². The van der Waals surface area contributed by atoms with Gasteiger partial charge in [0.1, 0.15) is 16.7 Å². The zero-order valence-corrected chi connectivity index (χ0v) is 23.8. The molecule has 41 heavy (non-hydrogen) atoms. The lowest BCUT2D eigenvalue weighted by atomic mass is 9.73. The van der Waals surface area contributed by atoms with Gasteiger partial charge in [-0.15, -0.1) is 0 Å². The maximum Gasteiger partial charge on any atom is 0.270 e. The van der Waals surface area contributed by atoms with Crippen molar-refractivity contribution >= 4 is 40.8 Å². The van der Waals surface area contributed by atoms with Gasteiger partial charge in [0.25, 0.3) is 11.5 Å². The number of nitrogens with two attached hydrogens (primary N) is 1. The highest BCUT2D eigenvalue weighted by Crippen LogP contribution is 2.42. The summed E-state index contributed by atoms with van der Waals surface area (Å²) in [5.41, 5.74) is 4.64. The number of benzene rings is 1. The van der Waals surface area contributed by atoms with Crippen LogP contribution in [-0.2, 0) is 17.7 Å². The Morgan fingerprint density at radius 1 is 1.29 bits per heavy atom. The van der Waals surface area contributed by atoms with Crippen molar-refractivity contribution in [2.24, 2.45) is 11.1 Å². The van der Waals surface area contributed by atoms with Crippen LogP contribution in [0.4, 0.5) is 11.5 Å². The molecule has 0 unspecified atom stereocenters. The molecule has 4 N–H and O–H groups in total. The molecular formula is C28H32ClN7O4S. The van der Waals surface area contributed by atoms with Crippen molar-refractivity contribution in [1.82, 2.24) is 19.5 Å². The number of hydrogen-bond acceptors (Lipinski definition) is 10. The fraction of sp³-hybridized carbons (Fsp3) is 0.464. The van der Waals surface area contributed by atoms with Gasteiger partial charge in [0, 0.05) is 47.8 Å². The Balaban J connectivity index is 1.20. The molecule has 11 nitrogen and oxygen atoms in total. The number of rotatable bonds is 5. The third-order valence-electron chi connectivity index (χ3n) is 7.78. The first kappa shape index (κ1) is 23.4. The van der Waals surface area contributed by atoms with E-state index in [4.69, 9.17) is 27.6 Å². The third-order valence-corrected chi connectivity index (χ3v) is 9.28. The summed E-state index contributed by atoms with van der Waals surface area (Å²) in [4.78, 5) is 40.3. The van der Waals surface area contributed by atoms with Crippen LogP contribution in [0.2, 0.25) is 5.02 Å². The summed E-state index contributed by atoms with van der Waals surface area (Å²) >= 11 is 7.74. The van der Waals surface area contributed by atoms with E-state index in [1.54, 1.807) is 18.2 Å². The molecule has 2 aromatic heterocycles. The SMILES string of the molecule is [2H]C1([2H])CC2(CO[C@@H](C)[C@H]2N)CC([2H])([2H])N1c1cnc(Sc2cccc(NC(=O)c3c(O)nc4n(c3=O)CCCC4)c2Cl)cn1. The molecular weight excluding hydrogens is 566 g/mol. The monoisotopic (exact) mass is 601 g/mol. The maximum atomic E-state index is 13.1. The van der Waals surface area contributed by atoms with Crippen LogP contribution in [-0.4, -0.2) is 62.3 Å². The first-order valence-corrected chi connectivity index (χ1v) is 14.5. The molecule has 3 aliphatic heterocycles. The Bertz CT molecular complexity index is 1690. The zero-order valence-electron chi connectivity index (χ0n) is 26.3. The summed E-state index contributed by atoms with van der Waals surface area (Å²) in [6, 6.07) is 4.39. The van der Waals surface area contributed by atoms with E-state index in [0.29, 0.717) is 28.7 Å². The molecule has 1 aromatic carbocycles. The van der Waals surface area contributed by atoms with E-state index >= 15 is 0 Å². The zero-order chi connectivity index (χ0) is 32.3. The molecule has 216 valence electrons. The Hall–Kier alpha value is -3.19. The largest absolute Gasteiger partial charge is 0.493 e. The Labute approximate surface area is 252 Å². The smallest absolute Gasteiger partial charge is 0.270 e. The molecule has 3 aromatic rings. The molecule has 5 heterocycles. The van der Waals surface area contributed by atoms with Crippen LogP contribution in [0.1, 0.15) is 54.3 Å². The molecule has 13 heteroatoms. The van der Waals surface area contributed by atoms with E-state index in [9.17, 15) is 14.7 Å². The van der Waals surface area contributed by atoms with Gasteiger partial charge in [0.05, 0.1) is 35.8 Å². The van der Waals surface area contributed by atoms with Crippen LogP contribution < -0.4 is 21.5 Å². The number of ether oxygens (including phenoxy) is 1. The van der Waals surface area contributed by atoms with Gasteiger partial charge in [-0.1, -0.05) is 29.4 Å². The number of piperidine rings is 1. The van der Waals surface area contributed by atoms with Crippen LogP contribution in [0.15, 0.2) is 45.3 Å². The number of aromatic nitrogens is 4. The van der Waals surface area contributed by atoms with Crippen molar-refractivity contribution in [3.05, 3.63) is 57.4 Å². The van der Waals surface area contributed by atoms with E-state index in [-0.39, 0.29) is 42.1 Å². The lowest BCUT2D eigenvalue weighted by molar-refractivity contribution is 0.0974. The standard InChI is InChI=1S/C28H32ClN7O4S/c1-16-24(30)28(15-40-16)8-11-35(12-9-28)20-13-32-21(14-31-20)41-18-6-4-5-17(23(18)29)33-25(37)22-26(38)34-19-7-2-3-10-36(19)27(22)39/h4-6,13-14,16,24,38H,2-3,7-12,15,30H2,1H3,(H,33,37)/t16-,24+/m0/s1/i11D2,12D2. The fourth-order valence-electron chi connectivity index (χ4n) is 5.31. The number of amides is 1. The van der Waals surface area contributed by atoms with Crippen LogP contribution in [0, 0.1) is 5.41 Å². The first-order chi connectivity index (χ1) is 21.2. The highest BCUT2D eigenvalue weighted by Gasteiger charge is 2.47. The summed E-state index contributed by atoms with van der Waals surface area (Å²) in [6.45, 7) is -1.81. The van der Waals surface area contributed by atoms with Crippen molar-refractivity contribution in [2.75, 3.05) is 29.8 Å². The first-order valence-electron chi connectivity index (χ1n) is 15.3. The van der Waals surface area contributed by atoms with Gasteiger partial charge < -0.3 is 25.8 Å². The molecule has 1 spiro atoms. The number of aromatic hydroxyl groups is 1. The van der Waals surface area contributed by atoms with Crippen LogP contribution in [0.5, 0.6) is 5.88 Å². The summed E-state index contributed by atoms with van der Waals surface area (Å²) in [6.07, 6.45) is 4.52. The minimum Gasteiger partial charge on any atom is -0.493 e. The topological polar surface area (TPSA) is 148 Å². The summed E-state index contributed by atoms with van der Waals surface area (Å²) < 4.78 is 42.2. The van der Waals surface area contributed by atoms with Crippen LogP contribution >= 0.6 is 23.4 Å². The van der Waals surface area contributed by atoms with Gasteiger partial charge in [-0.2, -0.15) is 4.98 Å². The molecule has 1 amide bonds. The molecule has 2 saturated heterocycles. The Morgan fingerprint density at radius 2 is 2.10 bits per heavy atom.